The molecular formula is C18H22N2O. The minimum Gasteiger partial charge on any atom is -0.382 e. The molecule has 1 aromatic carbocycles. The normalized spacial score (nSPS) is 26.0. The summed E-state index contributed by atoms with van der Waals surface area (Å²) in [5.41, 5.74) is 3.56. The summed E-state index contributed by atoms with van der Waals surface area (Å²) >= 11 is 0. The molecule has 3 heteroatoms. The average molecular weight is 282 g/mol. The van der Waals surface area contributed by atoms with Crippen molar-refractivity contribution >= 4 is 16.6 Å². The van der Waals surface area contributed by atoms with E-state index in [4.69, 9.17) is 4.74 Å². The van der Waals surface area contributed by atoms with Crippen LogP contribution >= 0.6 is 0 Å². The molecule has 0 amide bonds. The molecule has 2 heterocycles. The number of fused-ring (bicyclic) bond motifs is 1. The molecule has 2 aromatic rings. The van der Waals surface area contributed by atoms with Gasteiger partial charge in [0.25, 0.3) is 0 Å². The summed E-state index contributed by atoms with van der Waals surface area (Å²) in [5.74, 6) is 0.825. The first-order valence-corrected chi connectivity index (χ1v) is 8.03. The zero-order valence-corrected chi connectivity index (χ0v) is 12.5. The van der Waals surface area contributed by atoms with Crippen molar-refractivity contribution in [2.45, 2.75) is 44.8 Å². The van der Waals surface area contributed by atoms with Crippen LogP contribution in [0.25, 0.3) is 10.9 Å². The van der Waals surface area contributed by atoms with E-state index in [0.717, 1.165) is 30.9 Å². The molecule has 3 nitrogen and oxygen atoms in total. The fraction of sp³-hybridized carbons (Fsp3) is 0.500. The Balaban J connectivity index is 1.57. The Morgan fingerprint density at radius 3 is 2.95 bits per heavy atom. The van der Waals surface area contributed by atoms with E-state index < -0.39 is 0 Å². The highest BCUT2D eigenvalue weighted by Crippen LogP contribution is 2.38. The summed E-state index contributed by atoms with van der Waals surface area (Å²) in [4.78, 5) is 4.46. The largest absolute Gasteiger partial charge is 0.382 e. The molecule has 0 spiro atoms. The molecule has 110 valence electrons. The van der Waals surface area contributed by atoms with Crippen molar-refractivity contribution in [3.8, 4) is 0 Å². The number of hydrogen-bond donors (Lipinski definition) is 1. The van der Waals surface area contributed by atoms with Crippen molar-refractivity contribution < 1.29 is 4.74 Å². The maximum absolute atomic E-state index is 5.92. The summed E-state index contributed by atoms with van der Waals surface area (Å²) in [6.07, 6.45) is 7.33. The average Bonchev–Trinajstić information content (AvgIpc) is 3.33. The molecule has 2 unspecified atom stereocenters. The molecule has 0 bridgehead atoms. The Hall–Kier alpha value is -1.61. The van der Waals surface area contributed by atoms with Crippen LogP contribution in [0.15, 0.2) is 30.5 Å². The van der Waals surface area contributed by atoms with Crippen LogP contribution in [0.1, 0.15) is 31.2 Å². The summed E-state index contributed by atoms with van der Waals surface area (Å²) < 4.78 is 5.92. The fourth-order valence-corrected chi connectivity index (χ4v) is 3.36. The third kappa shape index (κ3) is 2.75. The van der Waals surface area contributed by atoms with Crippen molar-refractivity contribution in [1.29, 1.82) is 0 Å². The van der Waals surface area contributed by atoms with Crippen molar-refractivity contribution in [1.82, 2.24) is 4.98 Å². The van der Waals surface area contributed by atoms with E-state index in [0.29, 0.717) is 12.1 Å². The minimum absolute atomic E-state index is 0.478. The van der Waals surface area contributed by atoms with Crippen LogP contribution in [-0.4, -0.2) is 23.7 Å². The van der Waals surface area contributed by atoms with Crippen LogP contribution < -0.4 is 5.32 Å². The number of aryl methyl sites for hydroxylation is 1. The van der Waals surface area contributed by atoms with Gasteiger partial charge < -0.3 is 10.1 Å². The van der Waals surface area contributed by atoms with E-state index in [-0.39, 0.29) is 0 Å². The van der Waals surface area contributed by atoms with Gasteiger partial charge in [-0.3, -0.25) is 4.98 Å². The summed E-state index contributed by atoms with van der Waals surface area (Å²) in [7, 11) is 0. The van der Waals surface area contributed by atoms with Crippen LogP contribution in [0.4, 0.5) is 5.69 Å². The molecule has 1 aliphatic heterocycles. The lowest BCUT2D eigenvalue weighted by molar-refractivity contribution is -0.00217. The van der Waals surface area contributed by atoms with E-state index >= 15 is 0 Å². The fourth-order valence-electron chi connectivity index (χ4n) is 3.36. The molecule has 2 atom stereocenters. The van der Waals surface area contributed by atoms with Crippen molar-refractivity contribution in [2.24, 2.45) is 5.92 Å². The highest BCUT2D eigenvalue weighted by atomic mass is 16.5. The zero-order valence-electron chi connectivity index (χ0n) is 12.5. The van der Waals surface area contributed by atoms with Gasteiger partial charge in [0.15, 0.2) is 0 Å². The molecule has 1 N–H and O–H groups in total. The van der Waals surface area contributed by atoms with Gasteiger partial charge in [-0.25, -0.2) is 0 Å². The third-order valence-corrected chi connectivity index (χ3v) is 4.72. The number of pyridine rings is 1. The predicted octanol–water partition coefficient (Wildman–Crippen LogP) is 3.91. The number of aromatic nitrogens is 1. The number of nitrogens with one attached hydrogen (secondary N) is 1. The molecule has 2 aliphatic rings. The number of hydrogen-bond acceptors (Lipinski definition) is 3. The first-order valence-electron chi connectivity index (χ1n) is 8.03. The summed E-state index contributed by atoms with van der Waals surface area (Å²) in [6.45, 7) is 3.02. The van der Waals surface area contributed by atoms with Crippen LogP contribution in [0.3, 0.4) is 0 Å². The van der Waals surface area contributed by atoms with Crippen LogP contribution in [0.5, 0.6) is 0 Å². The zero-order chi connectivity index (χ0) is 14.2. The van der Waals surface area contributed by atoms with E-state index in [1.807, 2.05) is 6.20 Å². The number of ether oxygens (including phenoxy) is 1. The molecule has 1 saturated carbocycles. The SMILES string of the molecule is Cc1ccc2nccc(NC3CCOC(C4CC4)C3)c2c1. The second-order valence-corrected chi connectivity index (χ2v) is 6.49. The van der Waals surface area contributed by atoms with Gasteiger partial charge in [-0.05, 0) is 56.7 Å². The molecule has 4 rings (SSSR count). The lowest BCUT2D eigenvalue weighted by atomic mass is 9.99. The van der Waals surface area contributed by atoms with Gasteiger partial charge in [-0.2, -0.15) is 0 Å². The van der Waals surface area contributed by atoms with Gasteiger partial charge in [0, 0.05) is 29.9 Å². The monoisotopic (exact) mass is 282 g/mol. The van der Waals surface area contributed by atoms with Crippen LogP contribution in [0.2, 0.25) is 0 Å². The smallest absolute Gasteiger partial charge is 0.0722 e. The van der Waals surface area contributed by atoms with Crippen molar-refractivity contribution in [3.63, 3.8) is 0 Å². The number of benzene rings is 1. The highest BCUT2D eigenvalue weighted by molar-refractivity contribution is 5.91. The minimum atomic E-state index is 0.478. The predicted molar refractivity (Wildman–Crippen MR) is 85.6 cm³/mol. The molecular weight excluding hydrogens is 260 g/mol. The van der Waals surface area contributed by atoms with Gasteiger partial charge in [0.05, 0.1) is 11.6 Å². The molecule has 1 aromatic heterocycles. The number of nitrogens with zero attached hydrogens (tertiary/aromatic N) is 1. The molecule has 2 fully saturated rings. The van der Waals surface area contributed by atoms with E-state index in [1.54, 1.807) is 0 Å². The molecule has 1 aliphatic carbocycles. The molecule has 21 heavy (non-hydrogen) atoms. The highest BCUT2D eigenvalue weighted by Gasteiger charge is 2.35. The van der Waals surface area contributed by atoms with Crippen molar-refractivity contribution in [3.05, 3.63) is 36.0 Å². The quantitative estimate of drug-likeness (QED) is 0.926. The van der Waals surface area contributed by atoms with Gasteiger partial charge in [-0.15, -0.1) is 0 Å². The second-order valence-electron chi connectivity index (χ2n) is 6.49. The number of anilines is 1. The Morgan fingerprint density at radius 1 is 1.19 bits per heavy atom. The summed E-state index contributed by atoms with van der Waals surface area (Å²) in [6, 6.07) is 9.07. The Labute approximate surface area is 125 Å². The van der Waals surface area contributed by atoms with Gasteiger partial charge in [0.1, 0.15) is 0 Å². The van der Waals surface area contributed by atoms with Crippen LogP contribution in [-0.2, 0) is 4.74 Å². The Bertz CT molecular complexity index is 651. The van der Waals surface area contributed by atoms with Gasteiger partial charge in [-0.1, -0.05) is 11.6 Å². The Morgan fingerprint density at radius 2 is 2.10 bits per heavy atom. The number of rotatable bonds is 3. The molecule has 0 radical (unpaired) electrons. The lowest BCUT2D eigenvalue weighted by Crippen LogP contribution is -2.35. The summed E-state index contributed by atoms with van der Waals surface area (Å²) in [5, 5.41) is 4.97. The molecule has 1 saturated heterocycles. The second kappa shape index (κ2) is 5.30. The third-order valence-electron chi connectivity index (χ3n) is 4.72. The maximum Gasteiger partial charge on any atom is 0.0722 e. The first kappa shape index (κ1) is 13.1. The van der Waals surface area contributed by atoms with Crippen LogP contribution in [0, 0.1) is 12.8 Å². The topological polar surface area (TPSA) is 34.2 Å². The Kier molecular flexibility index (Phi) is 3.30. The van der Waals surface area contributed by atoms with Crippen molar-refractivity contribution in [2.75, 3.05) is 11.9 Å². The standard InChI is InChI=1S/C18H22N2O/c1-12-2-5-16-15(10-12)17(6-8-19-16)20-14-7-9-21-18(11-14)13-3-4-13/h2,5-6,8,10,13-14,18H,3-4,7,9,11H2,1H3,(H,19,20). The van der Waals surface area contributed by atoms with E-state index in [1.165, 1.54) is 29.5 Å². The van der Waals surface area contributed by atoms with Gasteiger partial charge in [0.2, 0.25) is 0 Å². The maximum atomic E-state index is 5.92. The van der Waals surface area contributed by atoms with Gasteiger partial charge >= 0.3 is 0 Å². The lowest BCUT2D eigenvalue weighted by Gasteiger charge is -2.31. The first-order chi connectivity index (χ1) is 10.3. The van der Waals surface area contributed by atoms with E-state index in [9.17, 15) is 0 Å². The van der Waals surface area contributed by atoms with E-state index in [2.05, 4.69) is 41.5 Å².